The van der Waals surface area contributed by atoms with Gasteiger partial charge in [-0.2, -0.15) is 0 Å². The lowest BCUT2D eigenvalue weighted by atomic mass is 9.87. The summed E-state index contributed by atoms with van der Waals surface area (Å²) in [5.74, 6) is 1.02. The molecule has 2 saturated carbocycles. The zero-order chi connectivity index (χ0) is 11.6. The van der Waals surface area contributed by atoms with Gasteiger partial charge in [-0.05, 0) is 37.5 Å². The fourth-order valence-electron chi connectivity index (χ4n) is 2.75. The molecule has 0 aromatic rings. The Balaban J connectivity index is 1.80. The van der Waals surface area contributed by atoms with Crippen LogP contribution in [0.15, 0.2) is 0 Å². The maximum absolute atomic E-state index is 10.3. The molecule has 2 fully saturated rings. The average Bonchev–Trinajstić information content (AvgIpc) is 3.12. The Hall–Kier alpha value is -0.120. The van der Waals surface area contributed by atoms with Crippen molar-refractivity contribution < 1.29 is 9.84 Å². The van der Waals surface area contributed by atoms with E-state index in [1.165, 1.54) is 19.3 Å². The van der Waals surface area contributed by atoms with E-state index in [1.807, 2.05) is 0 Å². The van der Waals surface area contributed by atoms with Crippen LogP contribution < -0.4 is 5.73 Å². The molecule has 0 amide bonds. The molecule has 0 aromatic carbocycles. The maximum atomic E-state index is 10.3. The van der Waals surface area contributed by atoms with Gasteiger partial charge >= 0.3 is 0 Å². The molecule has 3 N–H and O–H groups in total. The third kappa shape index (κ3) is 2.76. The van der Waals surface area contributed by atoms with Gasteiger partial charge in [-0.1, -0.05) is 19.8 Å². The number of rotatable bonds is 5. The average molecular weight is 227 g/mol. The molecule has 3 heteroatoms. The van der Waals surface area contributed by atoms with E-state index in [1.54, 1.807) is 0 Å². The first-order chi connectivity index (χ1) is 7.65. The van der Waals surface area contributed by atoms with Gasteiger partial charge in [0.1, 0.15) is 5.60 Å². The Bertz CT molecular complexity index is 230. The quantitative estimate of drug-likeness (QED) is 0.751. The van der Waals surface area contributed by atoms with E-state index in [-0.39, 0.29) is 0 Å². The standard InChI is InChI=1S/C13H25NO2/c1-10-4-2-3-5-12(10)16-9-13(15,8-14)11-6-7-11/h10-12,15H,2-9,14H2,1H3. The van der Waals surface area contributed by atoms with Gasteiger partial charge in [0, 0.05) is 6.54 Å². The SMILES string of the molecule is CC1CCCCC1OCC(O)(CN)C1CC1. The highest BCUT2D eigenvalue weighted by Crippen LogP contribution is 2.40. The van der Waals surface area contributed by atoms with Gasteiger partial charge in [0.05, 0.1) is 12.7 Å². The molecule has 0 saturated heterocycles. The minimum Gasteiger partial charge on any atom is -0.386 e. The highest BCUT2D eigenvalue weighted by molar-refractivity contribution is 4.95. The molecule has 0 heterocycles. The molecule has 0 bridgehead atoms. The molecule has 2 aliphatic rings. The van der Waals surface area contributed by atoms with Crippen LogP contribution in [-0.4, -0.2) is 30.0 Å². The van der Waals surface area contributed by atoms with Crippen LogP contribution >= 0.6 is 0 Å². The van der Waals surface area contributed by atoms with Gasteiger partial charge in [0.15, 0.2) is 0 Å². The van der Waals surface area contributed by atoms with Crippen LogP contribution in [0.4, 0.5) is 0 Å². The maximum Gasteiger partial charge on any atom is 0.103 e. The first-order valence-corrected chi connectivity index (χ1v) is 6.70. The fraction of sp³-hybridized carbons (Fsp3) is 1.00. The zero-order valence-electron chi connectivity index (χ0n) is 10.3. The van der Waals surface area contributed by atoms with Crippen LogP contribution in [0.1, 0.15) is 45.4 Å². The van der Waals surface area contributed by atoms with Crippen molar-refractivity contribution in [3.63, 3.8) is 0 Å². The summed E-state index contributed by atoms with van der Waals surface area (Å²) in [6, 6.07) is 0. The van der Waals surface area contributed by atoms with Crippen molar-refractivity contribution in [2.45, 2.75) is 57.2 Å². The minimum absolute atomic E-state index is 0.332. The summed E-state index contributed by atoms with van der Waals surface area (Å²) < 4.78 is 5.92. The Morgan fingerprint density at radius 2 is 1.94 bits per heavy atom. The summed E-state index contributed by atoms with van der Waals surface area (Å²) >= 11 is 0. The molecule has 3 unspecified atom stereocenters. The predicted octanol–water partition coefficient (Wildman–Crippen LogP) is 1.68. The normalized spacial score (nSPS) is 34.7. The topological polar surface area (TPSA) is 55.5 Å². The van der Waals surface area contributed by atoms with Crippen molar-refractivity contribution in [3.8, 4) is 0 Å². The third-order valence-electron chi connectivity index (χ3n) is 4.27. The van der Waals surface area contributed by atoms with Crippen molar-refractivity contribution in [3.05, 3.63) is 0 Å². The Morgan fingerprint density at radius 3 is 2.50 bits per heavy atom. The van der Waals surface area contributed by atoms with Crippen LogP contribution in [0.3, 0.4) is 0 Å². The summed E-state index contributed by atoms with van der Waals surface area (Å²) in [6.45, 7) is 3.02. The summed E-state index contributed by atoms with van der Waals surface area (Å²) in [7, 11) is 0. The molecule has 16 heavy (non-hydrogen) atoms. The lowest BCUT2D eigenvalue weighted by Gasteiger charge is -2.33. The molecule has 94 valence electrons. The first kappa shape index (κ1) is 12.3. The minimum atomic E-state index is -0.753. The predicted molar refractivity (Wildman–Crippen MR) is 64.1 cm³/mol. The number of hydrogen-bond acceptors (Lipinski definition) is 3. The highest BCUT2D eigenvalue weighted by atomic mass is 16.5. The molecule has 3 nitrogen and oxygen atoms in total. The molecule has 2 aliphatic carbocycles. The highest BCUT2D eigenvalue weighted by Gasteiger charge is 2.43. The Morgan fingerprint density at radius 1 is 1.25 bits per heavy atom. The molecule has 3 atom stereocenters. The van der Waals surface area contributed by atoms with Crippen molar-refractivity contribution in [1.29, 1.82) is 0 Å². The van der Waals surface area contributed by atoms with E-state index in [2.05, 4.69) is 6.92 Å². The molecule has 2 rings (SSSR count). The summed E-state index contributed by atoms with van der Waals surface area (Å²) in [6.07, 6.45) is 7.55. The van der Waals surface area contributed by atoms with Gasteiger partial charge in [0.25, 0.3) is 0 Å². The van der Waals surface area contributed by atoms with Gasteiger partial charge < -0.3 is 15.6 Å². The van der Waals surface area contributed by atoms with Crippen molar-refractivity contribution in [2.75, 3.05) is 13.2 Å². The van der Waals surface area contributed by atoms with Crippen molar-refractivity contribution >= 4 is 0 Å². The first-order valence-electron chi connectivity index (χ1n) is 6.70. The van der Waals surface area contributed by atoms with Crippen molar-refractivity contribution in [2.24, 2.45) is 17.6 Å². The number of nitrogens with two attached hydrogens (primary N) is 1. The van der Waals surface area contributed by atoms with E-state index in [0.29, 0.717) is 31.1 Å². The Labute approximate surface area is 98.4 Å². The lowest BCUT2D eigenvalue weighted by molar-refractivity contribution is -0.0994. The third-order valence-corrected chi connectivity index (χ3v) is 4.27. The monoisotopic (exact) mass is 227 g/mol. The zero-order valence-corrected chi connectivity index (χ0v) is 10.3. The summed E-state index contributed by atoms with van der Waals surface area (Å²) in [5, 5.41) is 10.3. The smallest absolute Gasteiger partial charge is 0.103 e. The second kappa shape index (κ2) is 5.03. The van der Waals surface area contributed by atoms with Gasteiger partial charge in [-0.15, -0.1) is 0 Å². The lowest BCUT2D eigenvalue weighted by Crippen LogP contribution is -2.46. The number of aliphatic hydroxyl groups is 1. The number of ether oxygens (including phenoxy) is 1. The van der Waals surface area contributed by atoms with Crippen LogP contribution in [0.5, 0.6) is 0 Å². The van der Waals surface area contributed by atoms with Crippen LogP contribution in [0, 0.1) is 11.8 Å². The van der Waals surface area contributed by atoms with Crippen LogP contribution in [0.25, 0.3) is 0 Å². The summed E-state index contributed by atoms with van der Waals surface area (Å²) in [4.78, 5) is 0. The van der Waals surface area contributed by atoms with Gasteiger partial charge in [-0.3, -0.25) is 0 Å². The fourth-order valence-corrected chi connectivity index (χ4v) is 2.75. The molecular formula is C13H25NO2. The van der Waals surface area contributed by atoms with Crippen LogP contribution in [-0.2, 0) is 4.74 Å². The second-order valence-electron chi connectivity index (χ2n) is 5.69. The van der Waals surface area contributed by atoms with E-state index >= 15 is 0 Å². The molecular weight excluding hydrogens is 202 g/mol. The number of hydrogen-bond donors (Lipinski definition) is 2. The summed E-state index contributed by atoms with van der Waals surface area (Å²) in [5.41, 5.74) is 4.92. The molecule has 0 spiro atoms. The van der Waals surface area contributed by atoms with E-state index < -0.39 is 5.60 Å². The molecule has 0 aliphatic heterocycles. The van der Waals surface area contributed by atoms with E-state index in [4.69, 9.17) is 10.5 Å². The van der Waals surface area contributed by atoms with Gasteiger partial charge in [0.2, 0.25) is 0 Å². The molecule has 0 aromatic heterocycles. The molecule has 0 radical (unpaired) electrons. The largest absolute Gasteiger partial charge is 0.386 e. The van der Waals surface area contributed by atoms with E-state index in [0.717, 1.165) is 19.3 Å². The second-order valence-corrected chi connectivity index (χ2v) is 5.69. The van der Waals surface area contributed by atoms with E-state index in [9.17, 15) is 5.11 Å². The van der Waals surface area contributed by atoms with Crippen LogP contribution in [0.2, 0.25) is 0 Å². The van der Waals surface area contributed by atoms with Gasteiger partial charge in [-0.25, -0.2) is 0 Å². The van der Waals surface area contributed by atoms with Crippen molar-refractivity contribution in [1.82, 2.24) is 0 Å². The Kier molecular flexibility index (Phi) is 3.88.